The van der Waals surface area contributed by atoms with Crippen LogP contribution in [-0.2, 0) is 17.9 Å². The molecule has 1 amide bonds. The minimum Gasteiger partial charge on any atom is -0.492 e. The van der Waals surface area contributed by atoms with Gasteiger partial charge in [-0.2, -0.15) is 0 Å². The van der Waals surface area contributed by atoms with Crippen molar-refractivity contribution in [2.75, 3.05) is 13.2 Å². The minimum atomic E-state index is 0.240. The molecule has 6 heteroatoms. The van der Waals surface area contributed by atoms with Crippen molar-refractivity contribution in [3.63, 3.8) is 0 Å². The van der Waals surface area contributed by atoms with Gasteiger partial charge in [-0.25, -0.2) is 4.98 Å². The highest BCUT2D eigenvalue weighted by Gasteiger charge is 2.30. The zero-order chi connectivity index (χ0) is 16.4. The Morgan fingerprint density at radius 3 is 2.96 bits per heavy atom. The third-order valence-corrected chi connectivity index (χ3v) is 4.70. The van der Waals surface area contributed by atoms with Gasteiger partial charge < -0.3 is 14.2 Å². The standard InChI is InChI=1S/C18H22N4O2/c23-18(8-14-3-4-14)22-11-15(10-21-7-6-20-17(21)12-22)13-24-16-2-1-5-19-9-16/h1-2,5-7,9,14-15H,3-4,8,10-13H2/t15-/m1/s1. The Bertz CT molecular complexity index is 696. The van der Waals surface area contributed by atoms with Crippen LogP contribution in [0.2, 0.25) is 0 Å². The van der Waals surface area contributed by atoms with Crippen molar-refractivity contribution in [1.29, 1.82) is 0 Å². The van der Waals surface area contributed by atoms with Gasteiger partial charge in [0.15, 0.2) is 0 Å². The van der Waals surface area contributed by atoms with Crippen LogP contribution < -0.4 is 4.74 Å². The predicted octanol–water partition coefficient (Wildman–Crippen LogP) is 2.12. The first-order valence-electron chi connectivity index (χ1n) is 8.58. The molecule has 1 saturated carbocycles. The molecule has 0 unspecified atom stereocenters. The summed E-state index contributed by atoms with van der Waals surface area (Å²) in [6, 6.07) is 3.77. The molecule has 0 spiro atoms. The summed E-state index contributed by atoms with van der Waals surface area (Å²) < 4.78 is 8.02. The molecule has 0 N–H and O–H groups in total. The molecule has 2 aromatic rings. The molecule has 6 nitrogen and oxygen atoms in total. The number of amides is 1. The van der Waals surface area contributed by atoms with Gasteiger partial charge in [0.25, 0.3) is 0 Å². The van der Waals surface area contributed by atoms with E-state index in [1.165, 1.54) is 12.8 Å². The van der Waals surface area contributed by atoms with Crippen molar-refractivity contribution >= 4 is 5.91 Å². The van der Waals surface area contributed by atoms with Crippen LogP contribution in [0.3, 0.4) is 0 Å². The number of ether oxygens (including phenoxy) is 1. The van der Waals surface area contributed by atoms with Crippen molar-refractivity contribution in [2.24, 2.45) is 11.8 Å². The van der Waals surface area contributed by atoms with E-state index in [0.29, 0.717) is 25.5 Å². The summed E-state index contributed by atoms with van der Waals surface area (Å²) in [6.07, 6.45) is 10.3. The van der Waals surface area contributed by atoms with Gasteiger partial charge in [0.1, 0.15) is 11.6 Å². The fraction of sp³-hybridized carbons (Fsp3) is 0.500. The van der Waals surface area contributed by atoms with Crippen LogP contribution in [0.1, 0.15) is 25.1 Å². The number of hydrogen-bond donors (Lipinski definition) is 0. The Kier molecular flexibility index (Phi) is 4.19. The number of nitrogens with zero attached hydrogens (tertiary/aromatic N) is 4. The molecule has 126 valence electrons. The number of hydrogen-bond acceptors (Lipinski definition) is 4. The van der Waals surface area contributed by atoms with Gasteiger partial charge in [0.2, 0.25) is 5.91 Å². The maximum absolute atomic E-state index is 12.6. The van der Waals surface area contributed by atoms with Crippen molar-refractivity contribution in [3.8, 4) is 5.75 Å². The van der Waals surface area contributed by atoms with E-state index in [1.54, 1.807) is 12.4 Å². The van der Waals surface area contributed by atoms with Gasteiger partial charge in [-0.15, -0.1) is 0 Å². The maximum Gasteiger partial charge on any atom is 0.223 e. The van der Waals surface area contributed by atoms with Gasteiger partial charge >= 0.3 is 0 Å². The van der Waals surface area contributed by atoms with Crippen molar-refractivity contribution in [1.82, 2.24) is 19.4 Å². The number of carbonyl (C=O) groups excluding carboxylic acids is 1. The summed E-state index contributed by atoms with van der Waals surface area (Å²) in [5.41, 5.74) is 0. The van der Waals surface area contributed by atoms with E-state index in [-0.39, 0.29) is 11.8 Å². The molecule has 3 heterocycles. The molecule has 2 aromatic heterocycles. The lowest BCUT2D eigenvalue weighted by atomic mass is 10.1. The van der Waals surface area contributed by atoms with Crippen LogP contribution in [0.5, 0.6) is 5.75 Å². The summed E-state index contributed by atoms with van der Waals surface area (Å²) in [4.78, 5) is 23.0. The van der Waals surface area contributed by atoms with E-state index in [0.717, 1.165) is 24.7 Å². The van der Waals surface area contributed by atoms with Crippen molar-refractivity contribution < 1.29 is 9.53 Å². The van der Waals surface area contributed by atoms with E-state index in [9.17, 15) is 4.79 Å². The molecule has 0 aromatic carbocycles. The Balaban J connectivity index is 1.45. The van der Waals surface area contributed by atoms with Crippen molar-refractivity contribution in [2.45, 2.75) is 32.4 Å². The Labute approximate surface area is 141 Å². The Morgan fingerprint density at radius 2 is 2.17 bits per heavy atom. The molecular formula is C18H22N4O2. The second kappa shape index (κ2) is 6.63. The molecule has 1 aliphatic carbocycles. The van der Waals surface area contributed by atoms with Gasteiger partial charge in [0, 0.05) is 44.0 Å². The highest BCUT2D eigenvalue weighted by Crippen LogP contribution is 2.33. The van der Waals surface area contributed by atoms with Crippen molar-refractivity contribution in [3.05, 3.63) is 42.7 Å². The minimum absolute atomic E-state index is 0.240. The maximum atomic E-state index is 12.6. The van der Waals surface area contributed by atoms with E-state index in [1.807, 2.05) is 29.4 Å². The van der Waals surface area contributed by atoms with Crippen LogP contribution in [0, 0.1) is 11.8 Å². The highest BCUT2D eigenvalue weighted by molar-refractivity contribution is 5.76. The second-order valence-electron chi connectivity index (χ2n) is 6.78. The smallest absolute Gasteiger partial charge is 0.223 e. The average molecular weight is 326 g/mol. The number of pyridine rings is 1. The summed E-state index contributed by atoms with van der Waals surface area (Å²) in [6.45, 7) is 2.70. The van der Waals surface area contributed by atoms with Gasteiger partial charge in [-0.1, -0.05) is 0 Å². The lowest BCUT2D eigenvalue weighted by Gasteiger charge is -2.24. The molecule has 24 heavy (non-hydrogen) atoms. The lowest BCUT2D eigenvalue weighted by molar-refractivity contribution is -0.132. The third kappa shape index (κ3) is 3.58. The SMILES string of the molecule is O=C(CC1CC1)N1Cc2nccn2C[C@@H](COc2cccnc2)C1. The molecule has 1 atom stereocenters. The number of rotatable bonds is 5. The van der Waals surface area contributed by atoms with E-state index < -0.39 is 0 Å². The Hall–Kier alpha value is -2.37. The van der Waals surface area contributed by atoms with Gasteiger partial charge in [-0.3, -0.25) is 9.78 Å². The zero-order valence-electron chi connectivity index (χ0n) is 13.7. The van der Waals surface area contributed by atoms with E-state index in [2.05, 4.69) is 14.5 Å². The van der Waals surface area contributed by atoms with Crippen LogP contribution in [0.15, 0.2) is 36.9 Å². The fourth-order valence-electron chi connectivity index (χ4n) is 3.18. The second-order valence-corrected chi connectivity index (χ2v) is 6.78. The molecule has 0 bridgehead atoms. The number of aromatic nitrogens is 3. The molecule has 4 rings (SSSR count). The molecule has 0 saturated heterocycles. The van der Waals surface area contributed by atoms with Gasteiger partial charge in [-0.05, 0) is 30.9 Å². The first-order valence-corrected chi connectivity index (χ1v) is 8.58. The first-order chi connectivity index (χ1) is 11.8. The van der Waals surface area contributed by atoms with Crippen LogP contribution in [0.25, 0.3) is 0 Å². The largest absolute Gasteiger partial charge is 0.492 e. The van der Waals surface area contributed by atoms with Crippen LogP contribution in [0.4, 0.5) is 0 Å². The molecule has 2 aliphatic rings. The molecule has 1 fully saturated rings. The number of carbonyl (C=O) groups is 1. The predicted molar refractivity (Wildman–Crippen MR) is 88.2 cm³/mol. The first kappa shape index (κ1) is 15.2. The van der Waals surface area contributed by atoms with Crippen LogP contribution >= 0.6 is 0 Å². The monoisotopic (exact) mass is 326 g/mol. The summed E-state index contributed by atoms with van der Waals surface area (Å²) in [5, 5.41) is 0. The summed E-state index contributed by atoms with van der Waals surface area (Å²) in [7, 11) is 0. The van der Waals surface area contributed by atoms with E-state index >= 15 is 0 Å². The number of fused-ring (bicyclic) bond motifs is 1. The van der Waals surface area contributed by atoms with Gasteiger partial charge in [0.05, 0.1) is 19.3 Å². The third-order valence-electron chi connectivity index (χ3n) is 4.70. The Morgan fingerprint density at radius 1 is 1.25 bits per heavy atom. The highest BCUT2D eigenvalue weighted by atomic mass is 16.5. The lowest BCUT2D eigenvalue weighted by Crippen LogP contribution is -2.36. The topological polar surface area (TPSA) is 60.2 Å². The fourth-order valence-corrected chi connectivity index (χ4v) is 3.18. The summed E-state index contributed by atoms with van der Waals surface area (Å²) in [5.74, 6) is 2.82. The molecular weight excluding hydrogens is 304 g/mol. The molecule has 1 aliphatic heterocycles. The number of imidazole rings is 1. The summed E-state index contributed by atoms with van der Waals surface area (Å²) >= 11 is 0. The average Bonchev–Trinajstić information content (AvgIpc) is 3.35. The normalized spacial score (nSPS) is 20.3. The zero-order valence-corrected chi connectivity index (χ0v) is 13.7. The molecule has 0 radical (unpaired) electrons. The van der Waals surface area contributed by atoms with Crippen LogP contribution in [-0.4, -0.2) is 38.5 Å². The van der Waals surface area contributed by atoms with E-state index in [4.69, 9.17) is 4.74 Å². The quantitative estimate of drug-likeness (QED) is 0.844.